The molecule has 5 heteroatoms. The van der Waals surface area contributed by atoms with E-state index in [1.165, 1.54) is 0 Å². The number of rotatable bonds is 3. The summed E-state index contributed by atoms with van der Waals surface area (Å²) in [5, 5.41) is 3.09. The number of hydrogen-bond donors (Lipinski definition) is 1. The van der Waals surface area contributed by atoms with Crippen LogP contribution in [-0.2, 0) is 0 Å². The van der Waals surface area contributed by atoms with Crippen molar-refractivity contribution in [3.8, 4) is 5.75 Å². The van der Waals surface area contributed by atoms with Crippen LogP contribution in [0, 0.1) is 0 Å². The molecule has 1 aromatic carbocycles. The molecular formula is C11H10BrN3O. The predicted octanol–water partition coefficient (Wildman–Crippen LogP) is 2.99. The predicted molar refractivity (Wildman–Crippen MR) is 66.0 cm³/mol. The van der Waals surface area contributed by atoms with Crippen molar-refractivity contribution in [2.45, 2.75) is 0 Å². The summed E-state index contributed by atoms with van der Waals surface area (Å²) in [7, 11) is 1.63. The highest BCUT2D eigenvalue weighted by Gasteiger charge is 2.03. The van der Waals surface area contributed by atoms with Gasteiger partial charge < -0.3 is 10.1 Å². The Bertz CT molecular complexity index is 490. The van der Waals surface area contributed by atoms with Gasteiger partial charge in [-0.3, -0.25) is 0 Å². The van der Waals surface area contributed by atoms with Gasteiger partial charge in [0.15, 0.2) is 0 Å². The molecule has 0 saturated carbocycles. The van der Waals surface area contributed by atoms with E-state index >= 15 is 0 Å². The van der Waals surface area contributed by atoms with Gasteiger partial charge in [-0.25, -0.2) is 9.97 Å². The zero-order valence-electron chi connectivity index (χ0n) is 8.64. The third kappa shape index (κ3) is 2.49. The van der Waals surface area contributed by atoms with Gasteiger partial charge in [-0.2, -0.15) is 0 Å². The van der Waals surface area contributed by atoms with Crippen molar-refractivity contribution in [3.05, 3.63) is 41.1 Å². The second kappa shape index (κ2) is 4.94. The van der Waals surface area contributed by atoms with Crippen molar-refractivity contribution in [3.63, 3.8) is 0 Å². The number of methoxy groups -OCH3 is 1. The lowest BCUT2D eigenvalue weighted by atomic mass is 10.3. The van der Waals surface area contributed by atoms with Crippen LogP contribution in [0.1, 0.15) is 0 Å². The molecule has 16 heavy (non-hydrogen) atoms. The first-order chi connectivity index (χ1) is 7.79. The van der Waals surface area contributed by atoms with Gasteiger partial charge in [0.25, 0.3) is 0 Å². The minimum atomic E-state index is 0.527. The van der Waals surface area contributed by atoms with Crippen molar-refractivity contribution in [2.24, 2.45) is 0 Å². The summed E-state index contributed by atoms with van der Waals surface area (Å²) in [6.45, 7) is 0. The highest BCUT2D eigenvalue weighted by Crippen LogP contribution is 2.25. The molecule has 1 N–H and O–H groups in total. The van der Waals surface area contributed by atoms with Crippen LogP contribution in [0.4, 0.5) is 11.6 Å². The Hall–Kier alpha value is -1.62. The fraction of sp³-hybridized carbons (Fsp3) is 0.0909. The Labute approximate surface area is 102 Å². The van der Waals surface area contributed by atoms with Crippen LogP contribution in [0.15, 0.2) is 41.1 Å². The number of aromatic nitrogens is 2. The molecule has 0 fully saturated rings. The first kappa shape index (κ1) is 10.9. The molecule has 1 heterocycles. The molecule has 0 spiro atoms. The highest BCUT2D eigenvalue weighted by atomic mass is 79.9. The fourth-order valence-corrected chi connectivity index (χ4v) is 1.55. The maximum absolute atomic E-state index is 5.22. The topological polar surface area (TPSA) is 47.0 Å². The average molecular weight is 280 g/mol. The molecule has 82 valence electrons. The summed E-state index contributed by atoms with van der Waals surface area (Å²) in [4.78, 5) is 8.29. The van der Waals surface area contributed by atoms with Crippen LogP contribution >= 0.6 is 15.9 Å². The summed E-state index contributed by atoms with van der Waals surface area (Å²) in [5.74, 6) is 1.28. The van der Waals surface area contributed by atoms with Crippen LogP contribution in [0.25, 0.3) is 0 Å². The van der Waals surface area contributed by atoms with Gasteiger partial charge in [-0.1, -0.05) is 12.1 Å². The Kier molecular flexibility index (Phi) is 3.36. The molecular weight excluding hydrogens is 270 g/mol. The first-order valence-corrected chi connectivity index (χ1v) is 5.47. The monoisotopic (exact) mass is 279 g/mol. The number of para-hydroxylation sites is 2. The summed E-state index contributed by atoms with van der Waals surface area (Å²) >= 11 is 3.29. The quantitative estimate of drug-likeness (QED) is 0.878. The Morgan fingerprint density at radius 2 is 2.06 bits per heavy atom. The molecule has 4 nitrogen and oxygen atoms in total. The van der Waals surface area contributed by atoms with Gasteiger partial charge in [0.2, 0.25) is 5.95 Å². The molecule has 0 bridgehead atoms. The molecule has 1 aromatic heterocycles. The lowest BCUT2D eigenvalue weighted by Crippen LogP contribution is -1.98. The van der Waals surface area contributed by atoms with Crippen LogP contribution in [-0.4, -0.2) is 17.1 Å². The molecule has 0 radical (unpaired) electrons. The molecule has 0 aliphatic rings. The molecule has 0 aliphatic heterocycles. The van der Waals surface area contributed by atoms with Crippen molar-refractivity contribution in [1.82, 2.24) is 9.97 Å². The van der Waals surface area contributed by atoms with Crippen molar-refractivity contribution < 1.29 is 4.74 Å². The number of ether oxygens (including phenoxy) is 1. The van der Waals surface area contributed by atoms with Crippen molar-refractivity contribution >= 4 is 27.6 Å². The lowest BCUT2D eigenvalue weighted by molar-refractivity contribution is 0.417. The van der Waals surface area contributed by atoms with E-state index < -0.39 is 0 Å². The van der Waals surface area contributed by atoms with E-state index in [4.69, 9.17) is 4.74 Å². The summed E-state index contributed by atoms with van der Waals surface area (Å²) in [6.07, 6.45) is 1.68. The largest absolute Gasteiger partial charge is 0.495 e. The number of halogens is 1. The third-order valence-corrected chi connectivity index (χ3v) is 2.42. The molecule has 0 unspecified atom stereocenters. The van der Waals surface area contributed by atoms with Crippen molar-refractivity contribution in [2.75, 3.05) is 12.4 Å². The first-order valence-electron chi connectivity index (χ1n) is 4.68. The number of anilines is 2. The minimum Gasteiger partial charge on any atom is -0.495 e. The fourth-order valence-electron chi connectivity index (χ4n) is 1.27. The Morgan fingerprint density at radius 1 is 1.25 bits per heavy atom. The van der Waals surface area contributed by atoms with Crippen LogP contribution in [0.3, 0.4) is 0 Å². The normalized spacial score (nSPS) is 9.88. The summed E-state index contributed by atoms with van der Waals surface area (Å²) in [6, 6.07) is 9.38. The van der Waals surface area contributed by atoms with Gasteiger partial charge in [-0.05, 0) is 34.1 Å². The van der Waals surface area contributed by atoms with Gasteiger partial charge in [0.1, 0.15) is 10.4 Å². The van der Waals surface area contributed by atoms with Crippen LogP contribution < -0.4 is 10.1 Å². The third-order valence-electron chi connectivity index (χ3n) is 1.98. The maximum atomic E-state index is 5.22. The number of benzene rings is 1. The SMILES string of the molecule is COc1ccccc1Nc1nccc(Br)n1. The van der Waals surface area contributed by atoms with E-state index in [9.17, 15) is 0 Å². The van der Waals surface area contributed by atoms with Gasteiger partial charge in [0, 0.05) is 6.20 Å². The average Bonchev–Trinajstić information content (AvgIpc) is 2.30. The minimum absolute atomic E-state index is 0.527. The van der Waals surface area contributed by atoms with Crippen LogP contribution in [0.5, 0.6) is 5.75 Å². The van der Waals surface area contributed by atoms with Crippen LogP contribution in [0.2, 0.25) is 0 Å². The molecule has 2 aromatic rings. The van der Waals surface area contributed by atoms with Gasteiger partial charge in [-0.15, -0.1) is 0 Å². The van der Waals surface area contributed by atoms with E-state index in [1.54, 1.807) is 19.4 Å². The molecule has 2 rings (SSSR count). The second-order valence-corrected chi connectivity index (χ2v) is 3.84. The Balaban J connectivity index is 2.26. The summed E-state index contributed by atoms with van der Waals surface area (Å²) in [5.41, 5.74) is 0.836. The maximum Gasteiger partial charge on any atom is 0.228 e. The van der Waals surface area contributed by atoms with Gasteiger partial charge in [0.05, 0.1) is 12.8 Å². The van der Waals surface area contributed by atoms with E-state index in [0.29, 0.717) is 5.95 Å². The smallest absolute Gasteiger partial charge is 0.228 e. The van der Waals surface area contributed by atoms with E-state index in [-0.39, 0.29) is 0 Å². The van der Waals surface area contributed by atoms with Crippen molar-refractivity contribution in [1.29, 1.82) is 0 Å². The molecule has 0 saturated heterocycles. The molecule has 0 atom stereocenters. The summed E-state index contributed by atoms with van der Waals surface area (Å²) < 4.78 is 5.95. The molecule has 0 aliphatic carbocycles. The van der Waals surface area contributed by atoms with Gasteiger partial charge >= 0.3 is 0 Å². The second-order valence-electron chi connectivity index (χ2n) is 3.03. The number of hydrogen-bond acceptors (Lipinski definition) is 4. The zero-order chi connectivity index (χ0) is 11.4. The van der Waals surface area contributed by atoms with E-state index in [1.807, 2.05) is 24.3 Å². The highest BCUT2D eigenvalue weighted by molar-refractivity contribution is 9.10. The van der Waals surface area contributed by atoms with E-state index in [2.05, 4.69) is 31.2 Å². The number of nitrogens with zero attached hydrogens (tertiary/aromatic N) is 2. The van der Waals surface area contributed by atoms with E-state index in [0.717, 1.165) is 16.0 Å². The zero-order valence-corrected chi connectivity index (χ0v) is 10.2. The Morgan fingerprint density at radius 3 is 2.81 bits per heavy atom. The standard InChI is InChI=1S/C11H10BrN3O/c1-16-9-5-3-2-4-8(9)14-11-13-7-6-10(12)15-11/h2-7H,1H3,(H,13,14,15). The number of nitrogens with one attached hydrogen (secondary N) is 1. The lowest BCUT2D eigenvalue weighted by Gasteiger charge is -2.09. The molecule has 0 amide bonds.